The van der Waals surface area contributed by atoms with Crippen LogP contribution >= 0.6 is 23.2 Å². The summed E-state index contributed by atoms with van der Waals surface area (Å²) in [6, 6.07) is 11.4. The summed E-state index contributed by atoms with van der Waals surface area (Å²) in [7, 11) is 0. The van der Waals surface area contributed by atoms with Gasteiger partial charge in [-0.1, -0.05) is 23.2 Å². The minimum atomic E-state index is -4.84. The Morgan fingerprint density at radius 1 is 0.806 bits per heavy atom. The molecule has 0 spiro atoms. The highest BCUT2D eigenvalue weighted by Gasteiger charge is 2.34. The van der Waals surface area contributed by atoms with E-state index in [1.807, 2.05) is 0 Å². The second-order valence-electron chi connectivity index (χ2n) is 6.30. The Morgan fingerprint density at radius 3 is 2.13 bits per heavy atom. The molecule has 160 valence electrons. The maximum atomic E-state index is 13.6. The average molecular weight is 471 g/mol. The fourth-order valence-electron chi connectivity index (χ4n) is 2.63. The van der Waals surface area contributed by atoms with Crippen LogP contribution in [0.2, 0.25) is 10.0 Å². The van der Waals surface area contributed by atoms with E-state index < -0.39 is 35.1 Å². The van der Waals surface area contributed by atoms with E-state index in [1.54, 1.807) is 0 Å². The zero-order chi connectivity index (χ0) is 22.8. The first-order chi connectivity index (χ1) is 14.5. The molecule has 2 N–H and O–H groups in total. The molecule has 0 aliphatic rings. The van der Waals surface area contributed by atoms with Gasteiger partial charge in [-0.25, -0.2) is 4.39 Å². The Bertz CT molecular complexity index is 1150. The zero-order valence-corrected chi connectivity index (χ0v) is 16.9. The first kappa shape index (κ1) is 22.6. The van der Waals surface area contributed by atoms with Crippen molar-refractivity contribution in [3.05, 3.63) is 93.2 Å². The number of rotatable bonds is 4. The standard InChI is InChI=1S/C21H12Cl2F4N2O2/c22-12-3-7-17(23)15(9-12)20(31)29-18-8-6-14(10-16(18)21(25,26)27)28-19(30)11-1-4-13(24)5-2-11/h1-10H,(H,28,30)(H,29,31). The molecule has 3 aromatic carbocycles. The topological polar surface area (TPSA) is 58.2 Å². The summed E-state index contributed by atoms with van der Waals surface area (Å²) in [5.74, 6) is -2.17. The molecule has 0 aromatic heterocycles. The molecule has 3 rings (SSSR count). The van der Waals surface area contributed by atoms with E-state index in [9.17, 15) is 27.2 Å². The van der Waals surface area contributed by atoms with E-state index >= 15 is 0 Å². The van der Waals surface area contributed by atoms with Crippen molar-refractivity contribution in [1.82, 2.24) is 0 Å². The first-order valence-electron chi connectivity index (χ1n) is 8.59. The predicted octanol–water partition coefficient (Wildman–Crippen LogP) is 6.66. The van der Waals surface area contributed by atoms with E-state index in [0.717, 1.165) is 18.2 Å². The van der Waals surface area contributed by atoms with Gasteiger partial charge >= 0.3 is 6.18 Å². The van der Waals surface area contributed by atoms with Crippen molar-refractivity contribution in [2.24, 2.45) is 0 Å². The number of anilines is 2. The third-order valence-electron chi connectivity index (χ3n) is 4.11. The number of halogens is 6. The van der Waals surface area contributed by atoms with Gasteiger partial charge in [0.25, 0.3) is 11.8 Å². The van der Waals surface area contributed by atoms with Gasteiger partial charge in [0.2, 0.25) is 0 Å². The van der Waals surface area contributed by atoms with Crippen LogP contribution < -0.4 is 10.6 Å². The number of carbonyl (C=O) groups excluding carboxylic acids is 2. The summed E-state index contributed by atoms with van der Waals surface area (Å²) in [6.45, 7) is 0. The molecule has 4 nitrogen and oxygen atoms in total. The van der Waals surface area contributed by atoms with Crippen LogP contribution in [-0.4, -0.2) is 11.8 Å². The van der Waals surface area contributed by atoms with Crippen LogP contribution in [0.3, 0.4) is 0 Å². The van der Waals surface area contributed by atoms with Crippen LogP contribution in [0, 0.1) is 5.82 Å². The van der Waals surface area contributed by atoms with Gasteiger partial charge in [0, 0.05) is 16.3 Å². The molecular weight excluding hydrogens is 459 g/mol. The lowest BCUT2D eigenvalue weighted by Crippen LogP contribution is -2.18. The molecule has 3 aromatic rings. The van der Waals surface area contributed by atoms with E-state index in [0.29, 0.717) is 6.07 Å². The fraction of sp³-hybridized carbons (Fsp3) is 0.0476. The van der Waals surface area contributed by atoms with Crippen molar-refractivity contribution >= 4 is 46.4 Å². The Kier molecular flexibility index (Phi) is 6.52. The lowest BCUT2D eigenvalue weighted by Gasteiger charge is -2.16. The molecule has 0 bridgehead atoms. The largest absolute Gasteiger partial charge is 0.418 e. The van der Waals surface area contributed by atoms with Gasteiger partial charge < -0.3 is 10.6 Å². The van der Waals surface area contributed by atoms with E-state index in [4.69, 9.17) is 23.2 Å². The molecule has 0 saturated carbocycles. The lowest BCUT2D eigenvalue weighted by atomic mass is 10.1. The maximum absolute atomic E-state index is 13.6. The number of benzene rings is 3. The van der Waals surface area contributed by atoms with E-state index in [1.165, 1.54) is 36.4 Å². The zero-order valence-electron chi connectivity index (χ0n) is 15.4. The molecule has 0 unspecified atom stereocenters. The first-order valence-corrected chi connectivity index (χ1v) is 9.35. The number of carbonyl (C=O) groups is 2. The summed E-state index contributed by atoms with van der Waals surface area (Å²) in [4.78, 5) is 24.6. The number of nitrogens with one attached hydrogen (secondary N) is 2. The van der Waals surface area contributed by atoms with Crippen molar-refractivity contribution in [1.29, 1.82) is 0 Å². The Labute approximate surface area is 183 Å². The lowest BCUT2D eigenvalue weighted by molar-refractivity contribution is -0.136. The van der Waals surface area contributed by atoms with Gasteiger partial charge in [-0.15, -0.1) is 0 Å². The molecule has 2 amide bonds. The van der Waals surface area contributed by atoms with Crippen LogP contribution in [0.5, 0.6) is 0 Å². The van der Waals surface area contributed by atoms with Crippen LogP contribution in [-0.2, 0) is 6.18 Å². The highest BCUT2D eigenvalue weighted by atomic mass is 35.5. The summed E-state index contributed by atoms with van der Waals surface area (Å²) in [5.41, 5.74) is -1.93. The van der Waals surface area contributed by atoms with Crippen molar-refractivity contribution in [3.63, 3.8) is 0 Å². The van der Waals surface area contributed by atoms with Gasteiger partial charge in [0.05, 0.1) is 21.8 Å². The molecule has 0 saturated heterocycles. The number of hydrogen-bond acceptors (Lipinski definition) is 2. The molecule has 0 radical (unpaired) electrons. The molecule has 0 aliphatic carbocycles. The molecule has 31 heavy (non-hydrogen) atoms. The molecule has 10 heteroatoms. The van der Waals surface area contributed by atoms with E-state index in [2.05, 4.69) is 10.6 Å². The van der Waals surface area contributed by atoms with Crippen molar-refractivity contribution < 1.29 is 27.2 Å². The van der Waals surface area contributed by atoms with Crippen LogP contribution in [0.4, 0.5) is 28.9 Å². The second kappa shape index (κ2) is 8.95. The summed E-state index contributed by atoms with van der Waals surface area (Å²) in [6.07, 6.45) is -4.84. The van der Waals surface area contributed by atoms with Gasteiger partial charge in [0.15, 0.2) is 0 Å². The van der Waals surface area contributed by atoms with Gasteiger partial charge in [-0.3, -0.25) is 9.59 Å². The Morgan fingerprint density at radius 2 is 1.48 bits per heavy atom. The number of hydrogen-bond donors (Lipinski definition) is 2. The summed E-state index contributed by atoms with van der Waals surface area (Å²) >= 11 is 11.7. The predicted molar refractivity (Wildman–Crippen MR) is 110 cm³/mol. The Hall–Kier alpha value is -3.10. The summed E-state index contributed by atoms with van der Waals surface area (Å²) in [5, 5.41) is 4.67. The molecule has 0 atom stereocenters. The van der Waals surface area contributed by atoms with Crippen LogP contribution in [0.15, 0.2) is 60.7 Å². The molecular formula is C21H12Cl2F4N2O2. The van der Waals surface area contributed by atoms with Crippen LogP contribution in [0.1, 0.15) is 26.3 Å². The Balaban J connectivity index is 1.88. The van der Waals surface area contributed by atoms with Gasteiger partial charge in [-0.05, 0) is 60.7 Å². The van der Waals surface area contributed by atoms with Gasteiger partial charge in [-0.2, -0.15) is 13.2 Å². The number of alkyl halides is 3. The van der Waals surface area contributed by atoms with E-state index in [-0.39, 0.29) is 26.9 Å². The highest BCUT2D eigenvalue weighted by Crippen LogP contribution is 2.37. The normalized spacial score (nSPS) is 11.2. The SMILES string of the molecule is O=C(Nc1ccc(NC(=O)c2cc(Cl)ccc2Cl)c(C(F)(F)F)c1)c1ccc(F)cc1. The molecule has 0 aliphatic heterocycles. The van der Waals surface area contributed by atoms with Crippen molar-refractivity contribution in [2.75, 3.05) is 10.6 Å². The average Bonchev–Trinajstić information content (AvgIpc) is 2.70. The maximum Gasteiger partial charge on any atom is 0.418 e. The molecule has 0 heterocycles. The van der Waals surface area contributed by atoms with Crippen molar-refractivity contribution in [2.45, 2.75) is 6.18 Å². The third kappa shape index (κ3) is 5.53. The highest BCUT2D eigenvalue weighted by molar-refractivity contribution is 6.36. The smallest absolute Gasteiger partial charge is 0.322 e. The second-order valence-corrected chi connectivity index (χ2v) is 7.14. The molecule has 0 fully saturated rings. The van der Waals surface area contributed by atoms with Gasteiger partial charge in [0.1, 0.15) is 5.82 Å². The summed E-state index contributed by atoms with van der Waals surface area (Å²) < 4.78 is 53.7. The quantitative estimate of drug-likeness (QED) is 0.419. The third-order valence-corrected chi connectivity index (χ3v) is 4.68. The number of amides is 2. The van der Waals surface area contributed by atoms with Crippen LogP contribution in [0.25, 0.3) is 0 Å². The minimum absolute atomic E-state index is 0.0126. The fourth-order valence-corrected chi connectivity index (χ4v) is 3.01. The van der Waals surface area contributed by atoms with Crippen molar-refractivity contribution in [3.8, 4) is 0 Å². The monoisotopic (exact) mass is 470 g/mol. The minimum Gasteiger partial charge on any atom is -0.322 e.